The van der Waals surface area contributed by atoms with Crippen LogP contribution < -0.4 is 14.8 Å². The highest BCUT2D eigenvalue weighted by Crippen LogP contribution is 2.17. The van der Waals surface area contributed by atoms with Gasteiger partial charge in [-0.2, -0.15) is 0 Å². The highest BCUT2D eigenvalue weighted by molar-refractivity contribution is 6.31. The Bertz CT molecular complexity index is 1060. The highest BCUT2D eigenvalue weighted by Gasteiger charge is 2.26. The van der Waals surface area contributed by atoms with Crippen molar-refractivity contribution in [3.05, 3.63) is 95.0 Å². The van der Waals surface area contributed by atoms with Crippen LogP contribution in [0.25, 0.3) is 0 Å². The number of nitrogens with one attached hydrogen (secondary N) is 1. The monoisotopic (exact) mass is 466 g/mol. The Hall–Kier alpha value is -3.51. The zero-order valence-corrected chi connectivity index (χ0v) is 19.4. The van der Waals surface area contributed by atoms with Crippen LogP contribution in [0.3, 0.4) is 0 Å². The predicted octanol–water partition coefficient (Wildman–Crippen LogP) is 4.46. The quantitative estimate of drug-likeness (QED) is 0.479. The molecule has 0 bridgehead atoms. The molecule has 0 saturated heterocycles. The molecule has 0 radical (unpaired) electrons. The molecule has 6 nitrogen and oxygen atoms in total. The number of rotatable bonds is 10. The molecule has 0 aliphatic carbocycles. The van der Waals surface area contributed by atoms with Crippen LogP contribution in [0, 0.1) is 0 Å². The number of benzene rings is 3. The Labute approximate surface area is 199 Å². The first-order valence-electron chi connectivity index (χ1n) is 10.6. The van der Waals surface area contributed by atoms with Crippen molar-refractivity contribution >= 4 is 23.4 Å². The maximum atomic E-state index is 13.1. The van der Waals surface area contributed by atoms with E-state index in [0.29, 0.717) is 10.8 Å². The van der Waals surface area contributed by atoms with Crippen molar-refractivity contribution in [3.63, 3.8) is 0 Å². The molecule has 172 valence electrons. The lowest BCUT2D eigenvalue weighted by atomic mass is 10.1. The fourth-order valence-electron chi connectivity index (χ4n) is 3.23. The minimum Gasteiger partial charge on any atom is -0.497 e. The van der Waals surface area contributed by atoms with E-state index in [1.165, 1.54) is 4.90 Å². The van der Waals surface area contributed by atoms with E-state index in [2.05, 4.69) is 5.32 Å². The number of methoxy groups -OCH3 is 1. The third kappa shape index (κ3) is 6.99. The average Bonchev–Trinajstić information content (AvgIpc) is 2.85. The van der Waals surface area contributed by atoms with Gasteiger partial charge in [0, 0.05) is 18.1 Å². The normalized spacial score (nSPS) is 11.4. The molecule has 3 aromatic rings. The summed E-state index contributed by atoms with van der Waals surface area (Å²) < 4.78 is 10.8. The van der Waals surface area contributed by atoms with Crippen LogP contribution in [0.4, 0.5) is 0 Å². The van der Waals surface area contributed by atoms with Crippen molar-refractivity contribution in [3.8, 4) is 11.5 Å². The summed E-state index contributed by atoms with van der Waals surface area (Å²) in [6.07, 6.45) is 0. The van der Waals surface area contributed by atoms with E-state index >= 15 is 0 Å². The zero-order chi connectivity index (χ0) is 23.6. The Kier molecular flexibility index (Phi) is 8.72. The summed E-state index contributed by atoms with van der Waals surface area (Å²) in [7, 11) is 1.59. The van der Waals surface area contributed by atoms with Crippen LogP contribution in [-0.4, -0.2) is 36.5 Å². The number of hydrogen-bond donors (Lipinski definition) is 1. The van der Waals surface area contributed by atoms with Gasteiger partial charge in [0.05, 0.1) is 7.11 Å². The van der Waals surface area contributed by atoms with E-state index in [0.717, 1.165) is 16.9 Å². The van der Waals surface area contributed by atoms with E-state index < -0.39 is 6.04 Å². The van der Waals surface area contributed by atoms with Crippen LogP contribution in [0.2, 0.25) is 5.02 Å². The molecule has 33 heavy (non-hydrogen) atoms. The second-order valence-corrected chi connectivity index (χ2v) is 7.86. The van der Waals surface area contributed by atoms with Gasteiger partial charge >= 0.3 is 0 Å². The summed E-state index contributed by atoms with van der Waals surface area (Å²) in [6, 6.07) is 23.1. The van der Waals surface area contributed by atoms with Crippen LogP contribution in [0.5, 0.6) is 11.5 Å². The van der Waals surface area contributed by atoms with Gasteiger partial charge in [-0.05, 0) is 48.4 Å². The molecule has 0 heterocycles. The standard InChI is InChI=1S/C26H27ClN2O4/c1-19(26(31)28-16-21-8-6-7-11-24(21)27)29(17-20-12-14-22(32-2)15-13-20)25(30)18-33-23-9-4-3-5-10-23/h3-15,19H,16-18H2,1-2H3,(H,28,31)/t19-/m1/s1. The number of amides is 2. The molecule has 7 heteroatoms. The van der Waals surface area contributed by atoms with E-state index in [1.54, 1.807) is 32.2 Å². The number of carbonyl (C=O) groups excluding carboxylic acids is 2. The largest absolute Gasteiger partial charge is 0.497 e. The first-order valence-corrected chi connectivity index (χ1v) is 11.0. The molecule has 0 unspecified atom stereocenters. The van der Waals surface area contributed by atoms with E-state index in [-0.39, 0.29) is 31.5 Å². The first kappa shape index (κ1) is 24.1. The molecule has 0 fully saturated rings. The van der Waals surface area contributed by atoms with E-state index in [9.17, 15) is 9.59 Å². The summed E-state index contributed by atoms with van der Waals surface area (Å²) in [5, 5.41) is 3.45. The molecular weight excluding hydrogens is 440 g/mol. The lowest BCUT2D eigenvalue weighted by Crippen LogP contribution is -2.48. The molecule has 0 aliphatic rings. The van der Waals surface area contributed by atoms with Crippen molar-refractivity contribution in [2.24, 2.45) is 0 Å². The minimum absolute atomic E-state index is 0.178. The summed E-state index contributed by atoms with van der Waals surface area (Å²) in [5.41, 5.74) is 1.68. The number of para-hydroxylation sites is 1. The lowest BCUT2D eigenvalue weighted by Gasteiger charge is -2.29. The third-order valence-corrected chi connectivity index (χ3v) is 5.56. The number of ether oxygens (including phenoxy) is 2. The second kappa shape index (κ2) is 11.9. The fraction of sp³-hybridized carbons (Fsp3) is 0.231. The summed E-state index contributed by atoms with van der Waals surface area (Å²) in [4.78, 5) is 27.5. The first-order chi connectivity index (χ1) is 16.0. The molecule has 0 spiro atoms. The Morgan fingerprint density at radius 2 is 1.61 bits per heavy atom. The van der Waals surface area contributed by atoms with E-state index in [1.807, 2.05) is 60.7 Å². The lowest BCUT2D eigenvalue weighted by molar-refractivity contribution is -0.142. The maximum absolute atomic E-state index is 13.1. The fourth-order valence-corrected chi connectivity index (χ4v) is 3.43. The van der Waals surface area contributed by atoms with Gasteiger partial charge in [-0.1, -0.05) is 60.1 Å². The number of nitrogens with zero attached hydrogens (tertiary/aromatic N) is 1. The molecule has 2 amide bonds. The SMILES string of the molecule is COc1ccc(CN(C(=O)COc2ccccc2)[C@H](C)C(=O)NCc2ccccc2Cl)cc1. The van der Waals surface area contributed by atoms with Gasteiger partial charge in [0.1, 0.15) is 17.5 Å². The molecule has 1 N–H and O–H groups in total. The molecule has 3 rings (SSSR count). The van der Waals surface area contributed by atoms with Gasteiger partial charge < -0.3 is 19.7 Å². The van der Waals surface area contributed by atoms with Gasteiger partial charge in [-0.15, -0.1) is 0 Å². The van der Waals surface area contributed by atoms with Gasteiger partial charge in [0.25, 0.3) is 5.91 Å². The topological polar surface area (TPSA) is 67.9 Å². The molecule has 0 aliphatic heterocycles. The van der Waals surface area contributed by atoms with Crippen molar-refractivity contribution in [1.29, 1.82) is 0 Å². The summed E-state index contributed by atoms with van der Waals surface area (Å²) in [6.45, 7) is 2.05. The second-order valence-electron chi connectivity index (χ2n) is 7.46. The predicted molar refractivity (Wildman–Crippen MR) is 128 cm³/mol. The number of hydrogen-bond acceptors (Lipinski definition) is 4. The summed E-state index contributed by atoms with van der Waals surface area (Å²) >= 11 is 6.19. The van der Waals surface area contributed by atoms with Crippen molar-refractivity contribution in [1.82, 2.24) is 10.2 Å². The minimum atomic E-state index is -0.721. The van der Waals surface area contributed by atoms with Crippen molar-refractivity contribution < 1.29 is 19.1 Å². The molecule has 1 atom stereocenters. The molecule has 3 aromatic carbocycles. The smallest absolute Gasteiger partial charge is 0.261 e. The summed E-state index contributed by atoms with van der Waals surface area (Å²) in [5.74, 6) is 0.729. The number of halogens is 1. The molecule has 0 aromatic heterocycles. The number of carbonyl (C=O) groups is 2. The Morgan fingerprint density at radius 1 is 0.939 bits per heavy atom. The van der Waals surface area contributed by atoms with Gasteiger partial charge in [-0.3, -0.25) is 9.59 Å². The van der Waals surface area contributed by atoms with E-state index in [4.69, 9.17) is 21.1 Å². The Morgan fingerprint density at radius 3 is 2.27 bits per heavy atom. The maximum Gasteiger partial charge on any atom is 0.261 e. The zero-order valence-electron chi connectivity index (χ0n) is 18.7. The van der Waals surface area contributed by atoms with Gasteiger partial charge in [-0.25, -0.2) is 0 Å². The molecule has 0 saturated carbocycles. The van der Waals surface area contributed by atoms with Crippen LogP contribution in [0.1, 0.15) is 18.1 Å². The van der Waals surface area contributed by atoms with Gasteiger partial charge in [0.2, 0.25) is 5.91 Å². The van der Waals surface area contributed by atoms with Gasteiger partial charge in [0.15, 0.2) is 6.61 Å². The van der Waals surface area contributed by atoms with Crippen molar-refractivity contribution in [2.75, 3.05) is 13.7 Å². The van der Waals surface area contributed by atoms with Crippen LogP contribution in [0.15, 0.2) is 78.9 Å². The Balaban J connectivity index is 1.71. The van der Waals surface area contributed by atoms with Crippen molar-refractivity contribution in [2.45, 2.75) is 26.1 Å². The van der Waals surface area contributed by atoms with Crippen LogP contribution in [-0.2, 0) is 22.7 Å². The molecular formula is C26H27ClN2O4. The average molecular weight is 467 g/mol. The van der Waals surface area contributed by atoms with Crippen LogP contribution >= 0.6 is 11.6 Å². The third-order valence-electron chi connectivity index (χ3n) is 5.20. The highest BCUT2D eigenvalue weighted by atomic mass is 35.5.